The number of methoxy groups -OCH3 is 1. The van der Waals surface area contributed by atoms with Crippen molar-refractivity contribution < 1.29 is 9.47 Å². The summed E-state index contributed by atoms with van der Waals surface area (Å²) in [7, 11) is 1.70. The number of rotatable bonds is 3. The van der Waals surface area contributed by atoms with Crippen molar-refractivity contribution in [1.29, 1.82) is 0 Å². The van der Waals surface area contributed by atoms with Crippen molar-refractivity contribution in [2.75, 3.05) is 19.0 Å². The van der Waals surface area contributed by atoms with E-state index in [0.717, 1.165) is 35.4 Å². The van der Waals surface area contributed by atoms with Crippen molar-refractivity contribution in [1.82, 2.24) is 0 Å². The zero-order chi connectivity index (χ0) is 13.3. The molecule has 1 heterocycles. The van der Waals surface area contributed by atoms with Gasteiger partial charge in [-0.3, -0.25) is 0 Å². The summed E-state index contributed by atoms with van der Waals surface area (Å²) in [5, 5.41) is 3.63. The Balaban J connectivity index is 1.68. The lowest BCUT2D eigenvalue weighted by atomic mass is 9.74. The number of anilines is 1. The van der Waals surface area contributed by atoms with Gasteiger partial charge in [0, 0.05) is 28.9 Å². The molecule has 0 bridgehead atoms. The second-order valence-corrected chi connectivity index (χ2v) is 6.51. The molecule has 1 saturated heterocycles. The molecule has 0 radical (unpaired) electrons. The molecule has 1 saturated carbocycles. The highest BCUT2D eigenvalue weighted by Crippen LogP contribution is 2.43. The molecule has 3 rings (SSSR count). The molecule has 1 N–H and O–H groups in total. The molecular weight excluding hydrogens is 306 g/mol. The highest BCUT2D eigenvalue weighted by molar-refractivity contribution is 9.10. The number of halogens is 1. The van der Waals surface area contributed by atoms with E-state index in [1.165, 1.54) is 19.3 Å². The summed E-state index contributed by atoms with van der Waals surface area (Å²) in [5.41, 5.74) is 1.30. The maximum atomic E-state index is 5.96. The van der Waals surface area contributed by atoms with E-state index in [2.05, 4.69) is 27.3 Å². The molecule has 4 heteroatoms. The van der Waals surface area contributed by atoms with E-state index in [1.54, 1.807) is 7.11 Å². The van der Waals surface area contributed by atoms with Gasteiger partial charge in [-0.15, -0.1) is 0 Å². The highest BCUT2D eigenvalue weighted by atomic mass is 79.9. The van der Waals surface area contributed by atoms with Crippen molar-refractivity contribution in [3.8, 4) is 5.75 Å². The lowest BCUT2D eigenvalue weighted by molar-refractivity contribution is -0.130. The zero-order valence-corrected chi connectivity index (χ0v) is 12.8. The van der Waals surface area contributed by atoms with Crippen LogP contribution in [0.15, 0.2) is 22.7 Å². The maximum absolute atomic E-state index is 5.96. The summed E-state index contributed by atoms with van der Waals surface area (Å²) in [6, 6.07) is 6.63. The Labute approximate surface area is 122 Å². The van der Waals surface area contributed by atoms with Crippen LogP contribution >= 0.6 is 15.9 Å². The van der Waals surface area contributed by atoms with Crippen LogP contribution in [0.2, 0.25) is 0 Å². The van der Waals surface area contributed by atoms with Gasteiger partial charge in [-0.2, -0.15) is 0 Å². The van der Waals surface area contributed by atoms with Crippen molar-refractivity contribution in [2.24, 2.45) is 0 Å². The zero-order valence-electron chi connectivity index (χ0n) is 11.2. The number of benzene rings is 1. The van der Waals surface area contributed by atoms with Gasteiger partial charge in [0.15, 0.2) is 0 Å². The third-order valence-electron chi connectivity index (χ3n) is 4.24. The Morgan fingerprint density at radius 2 is 2.21 bits per heavy atom. The van der Waals surface area contributed by atoms with Crippen LogP contribution in [0.4, 0.5) is 5.69 Å². The average Bonchev–Trinajstić information content (AvgIpc) is 2.36. The maximum Gasteiger partial charge on any atom is 0.122 e. The first-order valence-electron chi connectivity index (χ1n) is 6.94. The van der Waals surface area contributed by atoms with Crippen molar-refractivity contribution in [3.63, 3.8) is 0 Å². The summed E-state index contributed by atoms with van der Waals surface area (Å²) >= 11 is 3.52. The molecule has 0 aromatic heterocycles. The van der Waals surface area contributed by atoms with Gasteiger partial charge in [0.25, 0.3) is 0 Å². The van der Waals surface area contributed by atoms with E-state index in [-0.39, 0.29) is 5.60 Å². The number of nitrogens with one attached hydrogen (secondary N) is 1. The molecule has 0 amide bonds. The van der Waals surface area contributed by atoms with Crippen LogP contribution in [-0.4, -0.2) is 25.4 Å². The SMILES string of the molecule is COc1cc(Br)cc(NC2CCOC3(CCC3)C2)c1. The lowest BCUT2D eigenvalue weighted by Crippen LogP contribution is -2.49. The molecule has 1 aliphatic heterocycles. The summed E-state index contributed by atoms with van der Waals surface area (Å²) in [6.07, 6.45) is 5.98. The molecule has 104 valence electrons. The Morgan fingerprint density at radius 3 is 2.89 bits per heavy atom. The van der Waals surface area contributed by atoms with Crippen molar-refractivity contribution >= 4 is 21.6 Å². The van der Waals surface area contributed by atoms with Gasteiger partial charge in [0.05, 0.1) is 12.7 Å². The minimum Gasteiger partial charge on any atom is -0.497 e. The third-order valence-corrected chi connectivity index (χ3v) is 4.69. The van der Waals surface area contributed by atoms with Crippen LogP contribution < -0.4 is 10.1 Å². The molecule has 1 aromatic carbocycles. The Hall–Kier alpha value is -0.740. The first-order chi connectivity index (χ1) is 9.19. The van der Waals surface area contributed by atoms with E-state index in [4.69, 9.17) is 9.47 Å². The average molecular weight is 326 g/mol. The van der Waals surface area contributed by atoms with Gasteiger partial charge < -0.3 is 14.8 Å². The fourth-order valence-electron chi connectivity index (χ4n) is 3.07. The molecular formula is C15H20BrNO2. The van der Waals surface area contributed by atoms with Gasteiger partial charge in [-0.25, -0.2) is 0 Å². The predicted octanol–water partition coefficient (Wildman–Crippen LogP) is 3.97. The van der Waals surface area contributed by atoms with Gasteiger partial charge in [-0.1, -0.05) is 15.9 Å². The van der Waals surface area contributed by atoms with Crippen molar-refractivity contribution in [3.05, 3.63) is 22.7 Å². The molecule has 1 unspecified atom stereocenters. The van der Waals surface area contributed by atoms with Crippen LogP contribution in [-0.2, 0) is 4.74 Å². The minimum atomic E-state index is 0.187. The summed E-state index contributed by atoms with van der Waals surface area (Å²) in [6.45, 7) is 0.878. The first kappa shape index (κ1) is 13.3. The smallest absolute Gasteiger partial charge is 0.122 e. The molecule has 1 spiro atoms. The summed E-state index contributed by atoms with van der Waals surface area (Å²) in [5.74, 6) is 0.877. The molecule has 2 fully saturated rings. The lowest BCUT2D eigenvalue weighted by Gasteiger charge is -2.47. The predicted molar refractivity (Wildman–Crippen MR) is 79.9 cm³/mol. The van der Waals surface area contributed by atoms with E-state index in [0.29, 0.717) is 6.04 Å². The van der Waals surface area contributed by atoms with Crippen LogP contribution in [0.1, 0.15) is 32.1 Å². The van der Waals surface area contributed by atoms with Crippen molar-refractivity contribution in [2.45, 2.75) is 43.7 Å². The highest BCUT2D eigenvalue weighted by Gasteiger charge is 2.42. The fraction of sp³-hybridized carbons (Fsp3) is 0.600. The Bertz CT molecular complexity index is 459. The van der Waals surface area contributed by atoms with Crippen LogP contribution in [0.3, 0.4) is 0 Å². The number of hydrogen-bond acceptors (Lipinski definition) is 3. The van der Waals surface area contributed by atoms with Crippen LogP contribution in [0.25, 0.3) is 0 Å². The normalized spacial score (nSPS) is 24.8. The van der Waals surface area contributed by atoms with E-state index < -0.39 is 0 Å². The Morgan fingerprint density at radius 1 is 1.37 bits per heavy atom. The van der Waals surface area contributed by atoms with Gasteiger partial charge in [-0.05, 0) is 44.2 Å². The third kappa shape index (κ3) is 2.90. The summed E-state index contributed by atoms with van der Waals surface area (Å²) in [4.78, 5) is 0. The second kappa shape index (κ2) is 5.33. The molecule has 19 heavy (non-hydrogen) atoms. The van der Waals surface area contributed by atoms with Crippen LogP contribution in [0, 0.1) is 0 Å². The molecule has 1 atom stereocenters. The molecule has 1 aromatic rings. The largest absolute Gasteiger partial charge is 0.497 e. The van der Waals surface area contributed by atoms with E-state index in [1.807, 2.05) is 12.1 Å². The minimum absolute atomic E-state index is 0.187. The monoisotopic (exact) mass is 325 g/mol. The number of hydrogen-bond donors (Lipinski definition) is 1. The fourth-order valence-corrected chi connectivity index (χ4v) is 3.54. The van der Waals surface area contributed by atoms with E-state index in [9.17, 15) is 0 Å². The second-order valence-electron chi connectivity index (χ2n) is 5.60. The molecule has 2 aliphatic rings. The van der Waals surface area contributed by atoms with Gasteiger partial charge in [0.1, 0.15) is 5.75 Å². The molecule has 3 nitrogen and oxygen atoms in total. The van der Waals surface area contributed by atoms with Crippen LogP contribution in [0.5, 0.6) is 5.75 Å². The quantitative estimate of drug-likeness (QED) is 0.912. The topological polar surface area (TPSA) is 30.5 Å². The summed E-state index contributed by atoms with van der Waals surface area (Å²) < 4.78 is 12.3. The van der Waals surface area contributed by atoms with Gasteiger partial charge >= 0.3 is 0 Å². The molecule has 1 aliphatic carbocycles. The first-order valence-corrected chi connectivity index (χ1v) is 7.74. The Kier molecular flexibility index (Phi) is 3.72. The van der Waals surface area contributed by atoms with E-state index >= 15 is 0 Å². The standard InChI is InChI=1S/C15H20BrNO2/c1-18-14-8-11(16)7-13(9-14)17-12-3-6-19-15(10-12)4-2-5-15/h7-9,12,17H,2-6,10H2,1H3. The number of ether oxygens (including phenoxy) is 2. The van der Waals surface area contributed by atoms with Gasteiger partial charge in [0.2, 0.25) is 0 Å².